The molecule has 2 aromatic heterocycles. The van der Waals surface area contributed by atoms with Crippen LogP contribution < -0.4 is 5.56 Å². The zero-order valence-electron chi connectivity index (χ0n) is 14.6. The van der Waals surface area contributed by atoms with Gasteiger partial charge >= 0.3 is 0 Å². The van der Waals surface area contributed by atoms with E-state index in [-0.39, 0.29) is 5.56 Å². The Labute approximate surface area is 169 Å². The Morgan fingerprint density at radius 3 is 2.63 bits per heavy atom. The summed E-state index contributed by atoms with van der Waals surface area (Å²) in [6, 6.07) is 15.2. The summed E-state index contributed by atoms with van der Waals surface area (Å²) in [5.41, 5.74) is 2.57. The maximum Gasteiger partial charge on any atom is 0.286 e. The van der Waals surface area contributed by atoms with Gasteiger partial charge in [0.05, 0.1) is 12.0 Å². The van der Waals surface area contributed by atoms with Gasteiger partial charge in [-0.3, -0.25) is 9.36 Å². The fourth-order valence-corrected chi connectivity index (χ4v) is 3.65. The second-order valence-electron chi connectivity index (χ2n) is 6.15. The van der Waals surface area contributed by atoms with Gasteiger partial charge in [-0.15, -0.1) is 0 Å². The fraction of sp³-hybridized carbons (Fsp3) is 0.150. The van der Waals surface area contributed by atoms with E-state index in [0.717, 1.165) is 15.7 Å². The first-order valence-electron chi connectivity index (χ1n) is 8.54. The zero-order valence-corrected chi connectivity index (χ0v) is 16.9. The van der Waals surface area contributed by atoms with Crippen LogP contribution in [-0.4, -0.2) is 19.1 Å². The third-order valence-electron chi connectivity index (χ3n) is 4.39. The Kier molecular flexibility index (Phi) is 4.85. The number of fused-ring (bicyclic) bond motifs is 1. The minimum Gasteiger partial charge on any atom is -0.315 e. The van der Waals surface area contributed by atoms with Crippen molar-refractivity contribution in [3.8, 4) is 5.69 Å². The topological polar surface area (TPSA) is 52.7 Å². The molecule has 0 aliphatic rings. The monoisotopic (exact) mass is 442 g/mol. The summed E-state index contributed by atoms with van der Waals surface area (Å²) >= 11 is 9.52. The van der Waals surface area contributed by atoms with Crippen molar-refractivity contribution in [2.24, 2.45) is 0 Å². The van der Waals surface area contributed by atoms with Crippen molar-refractivity contribution < 1.29 is 0 Å². The molecule has 5 nitrogen and oxygen atoms in total. The molecule has 2 aromatic carbocycles. The van der Waals surface area contributed by atoms with E-state index in [4.69, 9.17) is 16.6 Å². The Balaban J connectivity index is 1.97. The molecule has 0 saturated carbocycles. The van der Waals surface area contributed by atoms with Crippen molar-refractivity contribution in [3.63, 3.8) is 0 Å². The van der Waals surface area contributed by atoms with Gasteiger partial charge in [0.1, 0.15) is 5.82 Å². The highest BCUT2D eigenvalue weighted by Crippen LogP contribution is 2.19. The van der Waals surface area contributed by atoms with E-state index < -0.39 is 0 Å². The molecule has 0 unspecified atom stereocenters. The molecule has 4 rings (SSSR count). The molecular weight excluding hydrogens is 428 g/mol. The Morgan fingerprint density at radius 2 is 1.93 bits per heavy atom. The molecule has 0 aliphatic carbocycles. The number of aryl methyl sites for hydroxylation is 1. The molecule has 0 fully saturated rings. The first kappa shape index (κ1) is 17.9. The van der Waals surface area contributed by atoms with Gasteiger partial charge in [-0.25, -0.2) is 9.97 Å². The third-order valence-corrected chi connectivity index (χ3v) is 5.13. The van der Waals surface area contributed by atoms with E-state index in [2.05, 4.69) is 20.9 Å². The zero-order chi connectivity index (χ0) is 19.0. The molecule has 0 aliphatic heterocycles. The summed E-state index contributed by atoms with van der Waals surface area (Å²) in [5.74, 6) is 0.656. The van der Waals surface area contributed by atoms with Crippen LogP contribution in [0, 0.1) is 0 Å². The Hall–Kier alpha value is -2.44. The second-order valence-corrected chi connectivity index (χ2v) is 7.51. The summed E-state index contributed by atoms with van der Waals surface area (Å²) in [7, 11) is 0. The van der Waals surface area contributed by atoms with Crippen LogP contribution in [0.15, 0.2) is 64.1 Å². The molecule has 0 bridgehead atoms. The van der Waals surface area contributed by atoms with Gasteiger partial charge in [0, 0.05) is 22.5 Å². The predicted octanol–water partition coefficient (Wildman–Crippen LogP) is 4.61. The second kappa shape index (κ2) is 7.29. The number of imidazole rings is 1. The van der Waals surface area contributed by atoms with E-state index >= 15 is 0 Å². The normalized spacial score (nSPS) is 11.2. The standard InChI is InChI=1S/C20H16BrClN4O/c1-2-25-12-23-18-19(25)24-17(11-13-4-3-5-14(21)10-13)26(20(18)27)16-8-6-15(22)7-9-16/h3-10,12H,2,11H2,1H3. The van der Waals surface area contributed by atoms with Crippen LogP contribution in [0.5, 0.6) is 0 Å². The van der Waals surface area contributed by atoms with Crippen LogP contribution >= 0.6 is 27.5 Å². The van der Waals surface area contributed by atoms with Gasteiger partial charge in [0.15, 0.2) is 11.2 Å². The number of aromatic nitrogens is 4. The van der Waals surface area contributed by atoms with Gasteiger partial charge in [0.2, 0.25) is 0 Å². The maximum absolute atomic E-state index is 13.2. The first-order chi connectivity index (χ1) is 13.1. The van der Waals surface area contributed by atoms with Crippen LogP contribution in [0.25, 0.3) is 16.9 Å². The minimum atomic E-state index is -0.181. The quantitative estimate of drug-likeness (QED) is 0.463. The lowest BCUT2D eigenvalue weighted by molar-refractivity contribution is 0.765. The highest BCUT2D eigenvalue weighted by atomic mass is 79.9. The molecule has 0 amide bonds. The lowest BCUT2D eigenvalue weighted by Crippen LogP contribution is -2.24. The first-order valence-corrected chi connectivity index (χ1v) is 9.71. The van der Waals surface area contributed by atoms with Crippen molar-refractivity contribution in [2.75, 3.05) is 0 Å². The van der Waals surface area contributed by atoms with E-state index in [9.17, 15) is 4.79 Å². The van der Waals surface area contributed by atoms with E-state index in [1.165, 1.54) is 0 Å². The summed E-state index contributed by atoms with van der Waals surface area (Å²) in [4.78, 5) is 22.3. The lowest BCUT2D eigenvalue weighted by Gasteiger charge is -2.13. The molecule has 27 heavy (non-hydrogen) atoms. The molecule has 0 atom stereocenters. The fourth-order valence-electron chi connectivity index (χ4n) is 3.08. The number of hydrogen-bond donors (Lipinski definition) is 0. The average molecular weight is 444 g/mol. The van der Waals surface area contributed by atoms with Gasteiger partial charge < -0.3 is 4.57 Å². The molecule has 0 saturated heterocycles. The summed E-state index contributed by atoms with van der Waals surface area (Å²) in [6.45, 7) is 2.70. The molecule has 136 valence electrons. The number of nitrogens with zero attached hydrogens (tertiary/aromatic N) is 4. The van der Waals surface area contributed by atoms with Gasteiger partial charge in [-0.1, -0.05) is 39.7 Å². The van der Waals surface area contributed by atoms with Crippen molar-refractivity contribution >= 4 is 38.7 Å². The maximum atomic E-state index is 13.2. The molecule has 2 heterocycles. The highest BCUT2D eigenvalue weighted by molar-refractivity contribution is 9.10. The Morgan fingerprint density at radius 1 is 1.15 bits per heavy atom. The van der Waals surface area contributed by atoms with Gasteiger partial charge in [0.25, 0.3) is 5.56 Å². The van der Waals surface area contributed by atoms with E-state index in [0.29, 0.717) is 35.0 Å². The predicted molar refractivity (Wildman–Crippen MR) is 111 cm³/mol. The van der Waals surface area contributed by atoms with Crippen LogP contribution in [0.2, 0.25) is 5.02 Å². The van der Waals surface area contributed by atoms with Crippen molar-refractivity contribution in [1.82, 2.24) is 19.1 Å². The Bertz CT molecular complexity index is 1180. The molecule has 7 heteroatoms. The average Bonchev–Trinajstić information content (AvgIpc) is 3.06. The van der Waals surface area contributed by atoms with Crippen molar-refractivity contribution in [1.29, 1.82) is 0 Å². The summed E-state index contributed by atoms with van der Waals surface area (Å²) in [5, 5.41) is 0.615. The smallest absolute Gasteiger partial charge is 0.286 e. The minimum absolute atomic E-state index is 0.181. The summed E-state index contributed by atoms with van der Waals surface area (Å²) < 4.78 is 4.49. The summed E-state index contributed by atoms with van der Waals surface area (Å²) in [6.07, 6.45) is 2.18. The van der Waals surface area contributed by atoms with Crippen molar-refractivity contribution in [3.05, 3.63) is 86.1 Å². The number of rotatable bonds is 4. The highest BCUT2D eigenvalue weighted by Gasteiger charge is 2.17. The van der Waals surface area contributed by atoms with Crippen LogP contribution in [0.3, 0.4) is 0 Å². The van der Waals surface area contributed by atoms with Gasteiger partial charge in [-0.05, 0) is 48.9 Å². The number of benzene rings is 2. The molecule has 0 spiro atoms. The number of hydrogen-bond acceptors (Lipinski definition) is 3. The van der Waals surface area contributed by atoms with Crippen LogP contribution in [0.1, 0.15) is 18.3 Å². The molecule has 4 aromatic rings. The van der Waals surface area contributed by atoms with E-state index in [1.54, 1.807) is 23.0 Å². The SMILES string of the molecule is CCn1cnc2c(=O)n(-c3ccc(Cl)cc3)c(Cc3cccc(Br)c3)nc21. The van der Waals surface area contributed by atoms with Crippen LogP contribution in [-0.2, 0) is 13.0 Å². The van der Waals surface area contributed by atoms with Gasteiger partial charge in [-0.2, -0.15) is 0 Å². The molecule has 0 N–H and O–H groups in total. The van der Waals surface area contributed by atoms with E-state index in [1.807, 2.05) is 47.9 Å². The molecule has 0 radical (unpaired) electrons. The lowest BCUT2D eigenvalue weighted by atomic mass is 10.1. The van der Waals surface area contributed by atoms with Crippen molar-refractivity contribution in [2.45, 2.75) is 19.9 Å². The third kappa shape index (κ3) is 3.42. The molecular formula is C20H16BrClN4O. The largest absolute Gasteiger partial charge is 0.315 e. The number of halogens is 2. The van der Waals surface area contributed by atoms with Crippen LogP contribution in [0.4, 0.5) is 0 Å².